The zero-order chi connectivity index (χ0) is 19.3. The first-order valence-electron chi connectivity index (χ1n) is 8.77. The van der Waals surface area contributed by atoms with Crippen molar-refractivity contribution in [3.8, 4) is 23.0 Å². The molecule has 5 nitrogen and oxygen atoms in total. The first-order valence-corrected chi connectivity index (χ1v) is 8.77. The van der Waals surface area contributed by atoms with Crippen molar-refractivity contribution >= 4 is 11.0 Å². The van der Waals surface area contributed by atoms with E-state index >= 15 is 0 Å². The Hall–Kier alpha value is -3.73. The van der Waals surface area contributed by atoms with Crippen molar-refractivity contribution in [1.29, 1.82) is 0 Å². The zero-order valence-electron chi connectivity index (χ0n) is 15.3. The Balaban J connectivity index is 1.54. The lowest BCUT2D eigenvalue weighted by Gasteiger charge is -2.08. The van der Waals surface area contributed by atoms with E-state index in [4.69, 9.17) is 18.6 Å². The van der Waals surface area contributed by atoms with E-state index in [0.29, 0.717) is 34.8 Å². The van der Waals surface area contributed by atoms with E-state index in [2.05, 4.69) is 0 Å². The highest BCUT2D eigenvalue weighted by atomic mass is 16.5. The van der Waals surface area contributed by atoms with Crippen molar-refractivity contribution in [3.63, 3.8) is 0 Å². The Morgan fingerprint density at radius 2 is 1.57 bits per heavy atom. The van der Waals surface area contributed by atoms with Crippen LogP contribution in [0.2, 0.25) is 0 Å². The predicted molar refractivity (Wildman–Crippen MR) is 106 cm³/mol. The Bertz CT molecular complexity index is 1130. The quantitative estimate of drug-likeness (QED) is 0.466. The fourth-order valence-electron chi connectivity index (χ4n) is 2.76. The minimum atomic E-state index is -0.244. The second kappa shape index (κ2) is 7.88. The molecule has 0 aliphatic heterocycles. The summed E-state index contributed by atoms with van der Waals surface area (Å²) in [5.41, 5.74) is 1.26. The third-order valence-corrected chi connectivity index (χ3v) is 4.25. The summed E-state index contributed by atoms with van der Waals surface area (Å²) in [5, 5.41) is 0.429. The molecule has 0 fully saturated rings. The van der Waals surface area contributed by atoms with Crippen molar-refractivity contribution in [2.24, 2.45) is 0 Å². The van der Waals surface area contributed by atoms with Gasteiger partial charge in [-0.05, 0) is 42.0 Å². The average Bonchev–Trinajstić information content (AvgIpc) is 2.75. The van der Waals surface area contributed by atoms with Crippen LogP contribution in [0.15, 0.2) is 88.3 Å². The maximum atomic E-state index is 12.7. The predicted octanol–water partition coefficient (Wildman–Crippen LogP) is 5.17. The van der Waals surface area contributed by atoms with Crippen molar-refractivity contribution in [1.82, 2.24) is 0 Å². The molecule has 0 amide bonds. The lowest BCUT2D eigenvalue weighted by molar-refractivity contribution is 0.306. The van der Waals surface area contributed by atoms with Crippen molar-refractivity contribution in [3.05, 3.63) is 94.8 Å². The van der Waals surface area contributed by atoms with Gasteiger partial charge in [0.25, 0.3) is 0 Å². The summed E-state index contributed by atoms with van der Waals surface area (Å²) in [7, 11) is 1.59. The lowest BCUT2D eigenvalue weighted by Crippen LogP contribution is -2.05. The number of hydrogen-bond donors (Lipinski definition) is 0. The van der Waals surface area contributed by atoms with E-state index in [1.165, 1.54) is 6.26 Å². The van der Waals surface area contributed by atoms with Gasteiger partial charge in [-0.15, -0.1) is 0 Å². The van der Waals surface area contributed by atoms with Gasteiger partial charge < -0.3 is 18.6 Å². The van der Waals surface area contributed by atoms with Crippen LogP contribution in [0.1, 0.15) is 5.56 Å². The Labute approximate surface area is 161 Å². The number of rotatable bonds is 6. The molecule has 0 saturated heterocycles. The molecule has 1 aromatic heterocycles. The monoisotopic (exact) mass is 374 g/mol. The smallest absolute Gasteiger partial charge is 0.235 e. The van der Waals surface area contributed by atoms with Crippen LogP contribution >= 0.6 is 0 Å². The molecule has 0 radical (unpaired) electrons. The van der Waals surface area contributed by atoms with E-state index in [1.807, 2.05) is 30.3 Å². The molecule has 0 unspecified atom stereocenters. The zero-order valence-corrected chi connectivity index (χ0v) is 15.3. The van der Waals surface area contributed by atoms with Crippen LogP contribution in [0.5, 0.6) is 23.0 Å². The van der Waals surface area contributed by atoms with Gasteiger partial charge in [0, 0.05) is 6.07 Å². The second-order valence-corrected chi connectivity index (χ2v) is 6.14. The van der Waals surface area contributed by atoms with Crippen LogP contribution < -0.4 is 19.6 Å². The van der Waals surface area contributed by atoms with Crippen LogP contribution in [0, 0.1) is 0 Å². The molecule has 4 rings (SSSR count). The van der Waals surface area contributed by atoms with Gasteiger partial charge in [0.1, 0.15) is 35.7 Å². The molecule has 5 heteroatoms. The van der Waals surface area contributed by atoms with Crippen molar-refractivity contribution in [2.45, 2.75) is 6.61 Å². The summed E-state index contributed by atoms with van der Waals surface area (Å²) in [4.78, 5) is 12.7. The minimum Gasteiger partial charge on any atom is -0.497 e. The van der Waals surface area contributed by atoms with E-state index in [9.17, 15) is 4.79 Å². The van der Waals surface area contributed by atoms with Crippen LogP contribution in [-0.4, -0.2) is 7.11 Å². The number of hydrogen-bond acceptors (Lipinski definition) is 5. The van der Waals surface area contributed by atoms with Gasteiger partial charge >= 0.3 is 0 Å². The molecule has 3 aromatic carbocycles. The molecule has 0 saturated carbocycles. The second-order valence-electron chi connectivity index (χ2n) is 6.14. The van der Waals surface area contributed by atoms with E-state index < -0.39 is 0 Å². The van der Waals surface area contributed by atoms with Gasteiger partial charge in [-0.1, -0.05) is 30.3 Å². The van der Waals surface area contributed by atoms with E-state index in [0.717, 1.165) is 5.56 Å². The summed E-state index contributed by atoms with van der Waals surface area (Å²) in [6.07, 6.45) is 1.32. The van der Waals surface area contributed by atoms with Crippen molar-refractivity contribution in [2.75, 3.05) is 7.11 Å². The topological polar surface area (TPSA) is 57.9 Å². The molecule has 0 aliphatic rings. The van der Waals surface area contributed by atoms with E-state index in [1.54, 1.807) is 49.6 Å². The summed E-state index contributed by atoms with van der Waals surface area (Å²) in [6, 6.07) is 22.0. The van der Waals surface area contributed by atoms with Gasteiger partial charge in [0.2, 0.25) is 11.2 Å². The molecule has 140 valence electrons. The van der Waals surface area contributed by atoms with Gasteiger partial charge in [0.05, 0.1) is 12.5 Å². The third kappa shape index (κ3) is 3.83. The fourth-order valence-corrected chi connectivity index (χ4v) is 2.76. The number of methoxy groups -OCH3 is 1. The molecule has 0 aliphatic carbocycles. The summed E-state index contributed by atoms with van der Waals surface area (Å²) in [6.45, 7) is 0.440. The first-order chi connectivity index (χ1) is 13.7. The summed E-state index contributed by atoms with van der Waals surface area (Å²) in [5.74, 6) is 1.98. The van der Waals surface area contributed by atoms with Crippen LogP contribution in [0.4, 0.5) is 0 Å². The molecule has 0 N–H and O–H groups in total. The number of fused-ring (bicyclic) bond motifs is 1. The molecular weight excluding hydrogens is 356 g/mol. The highest BCUT2D eigenvalue weighted by Crippen LogP contribution is 2.25. The van der Waals surface area contributed by atoms with Gasteiger partial charge in [0.15, 0.2) is 0 Å². The molecule has 28 heavy (non-hydrogen) atoms. The highest BCUT2D eigenvalue weighted by Gasteiger charge is 2.10. The largest absolute Gasteiger partial charge is 0.497 e. The normalized spacial score (nSPS) is 10.6. The van der Waals surface area contributed by atoms with Gasteiger partial charge in [-0.2, -0.15) is 0 Å². The summed E-state index contributed by atoms with van der Waals surface area (Å²) >= 11 is 0. The van der Waals surface area contributed by atoms with Crippen molar-refractivity contribution < 1.29 is 18.6 Å². The van der Waals surface area contributed by atoms with Gasteiger partial charge in [-0.3, -0.25) is 4.79 Å². The lowest BCUT2D eigenvalue weighted by atomic mass is 10.2. The molecule has 0 bridgehead atoms. The Morgan fingerprint density at radius 3 is 2.32 bits per heavy atom. The SMILES string of the molecule is COc1ccc(Oc2coc3cc(OCc4ccccc4)ccc3c2=O)cc1. The highest BCUT2D eigenvalue weighted by molar-refractivity contribution is 5.79. The van der Waals surface area contributed by atoms with Crippen LogP contribution in [0.25, 0.3) is 11.0 Å². The Kier molecular flexibility index (Phi) is 4.97. The molecule has 4 aromatic rings. The first kappa shape index (κ1) is 17.7. The third-order valence-electron chi connectivity index (χ3n) is 4.25. The van der Waals surface area contributed by atoms with Gasteiger partial charge in [-0.25, -0.2) is 0 Å². The Morgan fingerprint density at radius 1 is 0.857 bits per heavy atom. The molecule has 0 spiro atoms. The minimum absolute atomic E-state index is 0.121. The fraction of sp³-hybridized carbons (Fsp3) is 0.0870. The molecule has 0 atom stereocenters. The maximum Gasteiger partial charge on any atom is 0.235 e. The van der Waals surface area contributed by atoms with Crippen LogP contribution in [0.3, 0.4) is 0 Å². The number of ether oxygens (including phenoxy) is 3. The average molecular weight is 374 g/mol. The summed E-state index contributed by atoms with van der Waals surface area (Å²) < 4.78 is 22.2. The molecule has 1 heterocycles. The number of benzene rings is 3. The molecular formula is C23H18O5. The maximum absolute atomic E-state index is 12.7. The standard InChI is InChI=1S/C23H18O5/c1-25-17-7-9-18(10-8-17)28-22-15-27-21-13-19(11-12-20(21)23(22)24)26-14-16-5-3-2-4-6-16/h2-13,15H,14H2,1H3. The van der Waals surface area contributed by atoms with Crippen LogP contribution in [-0.2, 0) is 6.61 Å². The van der Waals surface area contributed by atoms with E-state index in [-0.39, 0.29) is 11.2 Å².